The van der Waals surface area contributed by atoms with Crippen LogP contribution in [0.25, 0.3) is 16.7 Å². The Hall–Kier alpha value is -2.65. The molecule has 3 rings (SSSR count). The van der Waals surface area contributed by atoms with E-state index in [-0.39, 0.29) is 17.7 Å². The maximum Gasteiger partial charge on any atom is 0.311 e. The Kier molecular flexibility index (Phi) is 6.62. The second-order valence-electron chi connectivity index (χ2n) is 8.28. The number of allylic oxidation sites excluding steroid dienone is 3. The minimum atomic E-state index is -0.312. The second-order valence-corrected chi connectivity index (χ2v) is 8.72. The predicted octanol–water partition coefficient (Wildman–Crippen LogP) is 6.84. The van der Waals surface area contributed by atoms with Gasteiger partial charge in [0.15, 0.2) is 5.78 Å². The van der Waals surface area contributed by atoms with Crippen molar-refractivity contribution in [3.05, 3.63) is 75.5 Å². The number of esters is 1. The number of ketones is 1. The van der Waals surface area contributed by atoms with Gasteiger partial charge in [-0.05, 0) is 72.2 Å². The zero-order chi connectivity index (χ0) is 22.0. The Bertz CT molecular complexity index is 1030. The number of hydrogen-bond acceptors (Lipinski definition) is 3. The van der Waals surface area contributed by atoms with Crippen LogP contribution in [0.15, 0.2) is 53.8 Å². The van der Waals surface area contributed by atoms with Crippen LogP contribution < -0.4 is 0 Å². The zero-order valence-electron chi connectivity index (χ0n) is 18.1. The third-order valence-corrected chi connectivity index (χ3v) is 5.46. The molecule has 0 aliphatic heterocycles. The van der Waals surface area contributed by atoms with E-state index < -0.39 is 0 Å². The largest absolute Gasteiger partial charge is 0.425 e. The summed E-state index contributed by atoms with van der Waals surface area (Å²) >= 11 is 6.02. The van der Waals surface area contributed by atoms with E-state index in [1.807, 2.05) is 65.0 Å². The average Bonchev–Trinajstić information content (AvgIpc) is 2.66. The fraction of sp³-hybridized carbons (Fsp3) is 0.308. The van der Waals surface area contributed by atoms with E-state index in [1.165, 1.54) is 0 Å². The van der Waals surface area contributed by atoms with Crippen LogP contribution in [-0.2, 0) is 14.3 Å². The lowest BCUT2D eigenvalue weighted by Crippen LogP contribution is -2.17. The summed E-state index contributed by atoms with van der Waals surface area (Å²) in [6, 6.07) is 11.8. The van der Waals surface area contributed by atoms with Gasteiger partial charge >= 0.3 is 5.97 Å². The van der Waals surface area contributed by atoms with Gasteiger partial charge in [0.2, 0.25) is 0 Å². The second kappa shape index (κ2) is 9.01. The molecule has 2 aromatic carbocycles. The van der Waals surface area contributed by atoms with Crippen LogP contribution in [0.2, 0.25) is 5.02 Å². The number of rotatable bonds is 5. The highest BCUT2D eigenvalue weighted by molar-refractivity contribution is 6.30. The molecular formula is C26H27ClO3. The predicted molar refractivity (Wildman–Crippen MR) is 122 cm³/mol. The van der Waals surface area contributed by atoms with Crippen LogP contribution in [0.5, 0.6) is 0 Å². The first kappa shape index (κ1) is 22.0. The summed E-state index contributed by atoms with van der Waals surface area (Å²) in [7, 11) is 0. The minimum Gasteiger partial charge on any atom is -0.425 e. The Morgan fingerprint density at radius 3 is 2.20 bits per heavy atom. The molecule has 0 saturated heterocycles. The number of ether oxygens (including phenoxy) is 1. The Balaban J connectivity index is 2.11. The van der Waals surface area contributed by atoms with Gasteiger partial charge < -0.3 is 4.74 Å². The van der Waals surface area contributed by atoms with Gasteiger partial charge in [-0.2, -0.15) is 0 Å². The number of benzene rings is 2. The van der Waals surface area contributed by atoms with Crippen molar-refractivity contribution in [1.29, 1.82) is 0 Å². The van der Waals surface area contributed by atoms with Crippen molar-refractivity contribution in [3.63, 3.8) is 0 Å². The van der Waals surface area contributed by atoms with Gasteiger partial charge in [-0.1, -0.05) is 55.8 Å². The van der Waals surface area contributed by atoms with E-state index >= 15 is 0 Å². The van der Waals surface area contributed by atoms with E-state index in [1.54, 1.807) is 0 Å². The topological polar surface area (TPSA) is 43.4 Å². The first-order chi connectivity index (χ1) is 14.2. The van der Waals surface area contributed by atoms with Crippen molar-refractivity contribution in [2.75, 3.05) is 0 Å². The van der Waals surface area contributed by atoms with Crippen molar-refractivity contribution in [3.8, 4) is 11.1 Å². The molecule has 30 heavy (non-hydrogen) atoms. The van der Waals surface area contributed by atoms with E-state index in [0.29, 0.717) is 29.2 Å². The first-order valence-electron chi connectivity index (χ1n) is 10.2. The molecule has 1 aliphatic carbocycles. The molecule has 0 spiro atoms. The van der Waals surface area contributed by atoms with Gasteiger partial charge in [0, 0.05) is 17.9 Å². The smallest absolute Gasteiger partial charge is 0.311 e. The molecule has 156 valence electrons. The SMILES string of the molecule is CC1=CCC(=O)C(c2c(C)cc(-c3ccc(Cl)cc3)cc2C)=C1OC(=O)CC(C)C. The van der Waals surface area contributed by atoms with Crippen LogP contribution in [-0.4, -0.2) is 11.8 Å². The molecule has 0 unspecified atom stereocenters. The highest BCUT2D eigenvalue weighted by Gasteiger charge is 2.28. The molecule has 0 heterocycles. The number of halogens is 1. The fourth-order valence-electron chi connectivity index (χ4n) is 3.80. The van der Waals surface area contributed by atoms with E-state index in [4.69, 9.17) is 16.3 Å². The summed E-state index contributed by atoms with van der Waals surface area (Å²) in [4.78, 5) is 25.3. The molecule has 2 aromatic rings. The highest BCUT2D eigenvalue weighted by Crippen LogP contribution is 2.37. The maximum atomic E-state index is 12.9. The molecule has 1 aliphatic rings. The van der Waals surface area contributed by atoms with Crippen LogP contribution in [0, 0.1) is 19.8 Å². The summed E-state index contributed by atoms with van der Waals surface area (Å²) in [5.41, 5.74) is 6.22. The van der Waals surface area contributed by atoms with E-state index in [9.17, 15) is 9.59 Å². The van der Waals surface area contributed by atoms with Crippen molar-refractivity contribution in [2.45, 2.75) is 47.5 Å². The molecule has 0 saturated carbocycles. The standard InChI is InChI=1S/C26H27ClO3/c1-15(2)12-23(29)30-26-16(3)6-11-22(28)25(26)24-17(4)13-20(14-18(24)5)19-7-9-21(27)10-8-19/h6-10,13-15H,11-12H2,1-5H3. The highest BCUT2D eigenvalue weighted by atomic mass is 35.5. The molecular weight excluding hydrogens is 396 g/mol. The summed E-state index contributed by atoms with van der Waals surface area (Å²) in [6.07, 6.45) is 2.45. The van der Waals surface area contributed by atoms with Crippen LogP contribution in [0.4, 0.5) is 0 Å². The quantitative estimate of drug-likeness (QED) is 0.495. The van der Waals surface area contributed by atoms with Gasteiger partial charge in [-0.15, -0.1) is 0 Å². The summed E-state index contributed by atoms with van der Waals surface area (Å²) in [5.74, 6) is 0.237. The average molecular weight is 423 g/mol. The summed E-state index contributed by atoms with van der Waals surface area (Å²) < 4.78 is 5.73. The van der Waals surface area contributed by atoms with Gasteiger partial charge in [0.05, 0.1) is 5.57 Å². The number of carbonyl (C=O) groups is 2. The minimum absolute atomic E-state index is 0.0293. The monoisotopic (exact) mass is 422 g/mol. The molecule has 0 amide bonds. The molecule has 0 atom stereocenters. The van der Waals surface area contributed by atoms with Gasteiger partial charge in [0.1, 0.15) is 5.76 Å². The molecule has 3 nitrogen and oxygen atoms in total. The summed E-state index contributed by atoms with van der Waals surface area (Å²) in [6.45, 7) is 9.80. The van der Waals surface area contributed by atoms with Gasteiger partial charge in [-0.25, -0.2) is 0 Å². The lowest BCUT2D eigenvalue weighted by atomic mass is 9.85. The van der Waals surface area contributed by atoms with E-state index in [2.05, 4.69) is 12.1 Å². The first-order valence-corrected chi connectivity index (χ1v) is 10.6. The molecule has 0 radical (unpaired) electrons. The number of aryl methyl sites for hydroxylation is 2. The molecule has 4 heteroatoms. The lowest BCUT2D eigenvalue weighted by Gasteiger charge is -2.22. The van der Waals surface area contributed by atoms with Crippen molar-refractivity contribution in [1.82, 2.24) is 0 Å². The van der Waals surface area contributed by atoms with Crippen molar-refractivity contribution >= 4 is 28.9 Å². The summed E-state index contributed by atoms with van der Waals surface area (Å²) in [5, 5.41) is 0.692. The number of carbonyl (C=O) groups excluding carboxylic acids is 2. The maximum absolute atomic E-state index is 12.9. The number of Topliss-reactive ketones (excluding diaryl/α,β-unsaturated/α-hetero) is 1. The van der Waals surface area contributed by atoms with Gasteiger partial charge in [0.25, 0.3) is 0 Å². The van der Waals surface area contributed by atoms with Crippen molar-refractivity contribution in [2.24, 2.45) is 5.92 Å². The van der Waals surface area contributed by atoms with Crippen LogP contribution in [0.1, 0.15) is 50.3 Å². The normalized spacial score (nSPS) is 14.2. The Morgan fingerprint density at radius 2 is 1.63 bits per heavy atom. The van der Waals surface area contributed by atoms with Gasteiger partial charge in [-0.3, -0.25) is 9.59 Å². The molecule has 0 fully saturated rings. The third kappa shape index (κ3) is 4.73. The van der Waals surface area contributed by atoms with E-state index in [0.717, 1.165) is 33.4 Å². The molecule has 0 aromatic heterocycles. The molecule has 0 bridgehead atoms. The van der Waals surface area contributed by atoms with Crippen LogP contribution >= 0.6 is 11.6 Å². The fourth-order valence-corrected chi connectivity index (χ4v) is 3.93. The lowest BCUT2D eigenvalue weighted by molar-refractivity contribution is -0.139. The number of hydrogen-bond donors (Lipinski definition) is 0. The third-order valence-electron chi connectivity index (χ3n) is 5.21. The van der Waals surface area contributed by atoms with Crippen molar-refractivity contribution < 1.29 is 14.3 Å². The Labute approximate surface area is 183 Å². The Morgan fingerprint density at radius 1 is 1.03 bits per heavy atom. The molecule has 0 N–H and O–H groups in total. The zero-order valence-corrected chi connectivity index (χ0v) is 18.9. The van der Waals surface area contributed by atoms with Crippen LogP contribution in [0.3, 0.4) is 0 Å².